The van der Waals surface area contributed by atoms with Crippen LogP contribution in [0.3, 0.4) is 0 Å². The third kappa shape index (κ3) is 8.26. The van der Waals surface area contributed by atoms with Gasteiger partial charge in [-0.05, 0) is 108 Å². The Balaban J connectivity index is 1.84. The third-order valence-corrected chi connectivity index (χ3v) is 10.6. The quantitative estimate of drug-likeness (QED) is 0.0913. The van der Waals surface area contributed by atoms with Crippen LogP contribution in [0.25, 0.3) is 0 Å². The molecule has 10 N–H and O–H groups in total. The van der Waals surface area contributed by atoms with E-state index in [2.05, 4.69) is 0 Å². The molecule has 0 saturated heterocycles. The van der Waals surface area contributed by atoms with Crippen LogP contribution < -0.4 is 20.9 Å². The summed E-state index contributed by atoms with van der Waals surface area (Å²) in [5, 5.41) is 23.5. The lowest BCUT2D eigenvalue weighted by Gasteiger charge is -2.24. The van der Waals surface area contributed by atoms with Crippen molar-refractivity contribution in [2.75, 3.05) is 0 Å². The highest BCUT2D eigenvalue weighted by Crippen LogP contribution is 2.51. The average molecular weight is 727 g/mol. The van der Waals surface area contributed by atoms with E-state index < -0.39 is 26.8 Å². The van der Waals surface area contributed by atoms with Crippen molar-refractivity contribution in [3.63, 3.8) is 0 Å². The van der Waals surface area contributed by atoms with Gasteiger partial charge in [0.1, 0.15) is 34.6 Å². The molecule has 1 aliphatic carbocycles. The van der Waals surface area contributed by atoms with Crippen LogP contribution in [-0.2, 0) is 34.8 Å². The number of para-hydroxylation sites is 2. The summed E-state index contributed by atoms with van der Waals surface area (Å²) in [6.45, 7) is 7.40. The lowest BCUT2D eigenvalue weighted by molar-refractivity contribution is 0.238. The van der Waals surface area contributed by atoms with Crippen LogP contribution in [-0.4, -0.2) is 42.0 Å². The number of rotatable bonds is 8. The molecule has 1 aliphatic rings. The van der Waals surface area contributed by atoms with Gasteiger partial charge >= 0.3 is 15.2 Å². The molecule has 8 bridgehead atoms. The maximum Gasteiger partial charge on any atom is 0.346 e. The number of ether oxygens (including phenoxy) is 2. The fourth-order valence-electron chi connectivity index (χ4n) is 6.27. The van der Waals surface area contributed by atoms with Gasteiger partial charge in [0, 0.05) is 25.7 Å². The predicted octanol–water partition coefficient (Wildman–Crippen LogP) is 5.62. The molecule has 0 saturated carbocycles. The van der Waals surface area contributed by atoms with Crippen LogP contribution in [0.1, 0.15) is 94.9 Å². The highest BCUT2D eigenvalue weighted by atomic mass is 31.2. The van der Waals surface area contributed by atoms with Gasteiger partial charge in [0.25, 0.3) is 0 Å². The van der Waals surface area contributed by atoms with Crippen LogP contribution in [0, 0.1) is 0 Å². The van der Waals surface area contributed by atoms with Crippen molar-refractivity contribution in [2.24, 2.45) is 11.5 Å². The summed E-state index contributed by atoms with van der Waals surface area (Å²) in [6.07, 6.45) is -0.222. The maximum atomic E-state index is 12.3. The molecule has 5 rings (SSSR count). The first-order valence-corrected chi connectivity index (χ1v) is 19.6. The van der Waals surface area contributed by atoms with Crippen LogP contribution >= 0.6 is 15.2 Å². The standard InChI is InChI=1S/C36H44N2O10P2/c1-19(2)47-33-21-7-5-8-22(33)12-26-16-30(36(38)50(44,45)46)18-28(32(26)40)14-24-10-6-9-23(34(24)48-20(3)4)13-27-17-29(35(37)49(41,42)43)15-25(11-21)31(27)39/h5-10,15-20,35-36,39-40H,11-14,37-38H2,1-4H3,(H2,41,42,43)(H2,44,45,46)/t35-,36-/m1/s1. The Bertz CT molecular complexity index is 1770. The summed E-state index contributed by atoms with van der Waals surface area (Å²) >= 11 is 0. The fourth-order valence-corrected chi connectivity index (χ4v) is 7.35. The second kappa shape index (κ2) is 14.5. The van der Waals surface area contributed by atoms with E-state index in [4.69, 9.17) is 20.9 Å². The van der Waals surface area contributed by atoms with Crippen molar-refractivity contribution >= 4 is 15.2 Å². The zero-order valence-corrected chi connectivity index (χ0v) is 30.1. The van der Waals surface area contributed by atoms with Gasteiger partial charge in [-0.2, -0.15) is 0 Å². The molecule has 50 heavy (non-hydrogen) atoms. The second-order valence-electron chi connectivity index (χ2n) is 13.3. The summed E-state index contributed by atoms with van der Waals surface area (Å²) in [4.78, 5) is 40.1. The van der Waals surface area contributed by atoms with Gasteiger partial charge < -0.3 is 50.7 Å². The number of phenolic OH excluding ortho intramolecular Hbond substituents is 2. The normalized spacial score (nSPS) is 14.8. The molecule has 0 amide bonds. The van der Waals surface area contributed by atoms with Crippen molar-refractivity contribution in [3.05, 3.63) is 116 Å². The van der Waals surface area contributed by atoms with E-state index in [9.17, 15) is 38.9 Å². The number of hydrogen-bond donors (Lipinski definition) is 8. The SMILES string of the molecule is CC(C)Oc1c2cccc1Cc1cc([C@H](N)P(=O)(O)O)cc(c1O)Cc1cccc(c1OC(C)C)Cc1cc([C@H](N)P(=O)(O)O)cc(c1O)C2. The molecule has 0 spiro atoms. The fraction of sp³-hybridized carbons (Fsp3) is 0.333. The van der Waals surface area contributed by atoms with E-state index in [-0.39, 0.29) is 60.5 Å². The first-order chi connectivity index (χ1) is 23.3. The highest BCUT2D eigenvalue weighted by molar-refractivity contribution is 7.52. The van der Waals surface area contributed by atoms with Gasteiger partial charge in [-0.1, -0.05) is 36.4 Å². The molecule has 12 nitrogen and oxygen atoms in total. The molecule has 0 heterocycles. The number of phenols is 2. The molecule has 268 valence electrons. The van der Waals surface area contributed by atoms with Gasteiger partial charge in [-0.15, -0.1) is 0 Å². The lowest BCUT2D eigenvalue weighted by Crippen LogP contribution is -2.14. The monoisotopic (exact) mass is 726 g/mol. The topological polar surface area (TPSA) is 226 Å². The summed E-state index contributed by atoms with van der Waals surface area (Å²) in [5.41, 5.74) is 16.5. The minimum atomic E-state index is -4.77. The lowest BCUT2D eigenvalue weighted by atomic mass is 9.89. The first-order valence-electron chi connectivity index (χ1n) is 16.2. The summed E-state index contributed by atoms with van der Waals surface area (Å²) in [5.74, 6) is -2.49. The molecule has 0 radical (unpaired) electrons. The van der Waals surface area contributed by atoms with Crippen molar-refractivity contribution in [1.29, 1.82) is 0 Å². The van der Waals surface area contributed by atoms with Gasteiger partial charge in [0.05, 0.1) is 12.2 Å². The van der Waals surface area contributed by atoms with E-state index in [0.29, 0.717) is 56.0 Å². The minimum Gasteiger partial charge on any atom is -0.507 e. The molecule has 0 aliphatic heterocycles. The Kier molecular flexibility index (Phi) is 10.9. The largest absolute Gasteiger partial charge is 0.507 e. The predicted molar refractivity (Wildman–Crippen MR) is 190 cm³/mol. The molecule has 0 fully saturated rings. The maximum absolute atomic E-state index is 12.3. The smallest absolute Gasteiger partial charge is 0.346 e. The number of benzene rings is 4. The van der Waals surface area contributed by atoms with Gasteiger partial charge in [-0.3, -0.25) is 9.13 Å². The Labute approximate surface area is 291 Å². The summed E-state index contributed by atoms with van der Waals surface area (Å²) < 4.78 is 37.3. The molecule has 0 aromatic heterocycles. The molecule has 4 aromatic carbocycles. The number of nitrogens with two attached hydrogens (primary N) is 2. The van der Waals surface area contributed by atoms with Gasteiger partial charge in [0.15, 0.2) is 0 Å². The number of hydrogen-bond acceptors (Lipinski definition) is 8. The first kappa shape index (κ1) is 37.6. The highest BCUT2D eigenvalue weighted by Gasteiger charge is 2.31. The molecular formula is C36H44N2O10P2. The van der Waals surface area contributed by atoms with E-state index in [1.54, 1.807) is 12.1 Å². The van der Waals surface area contributed by atoms with Gasteiger partial charge in [-0.25, -0.2) is 0 Å². The zero-order chi connectivity index (χ0) is 36.7. The number of aromatic hydroxyl groups is 2. The number of fused-ring (bicyclic) bond motifs is 8. The van der Waals surface area contributed by atoms with Crippen molar-refractivity contribution in [2.45, 2.75) is 77.2 Å². The van der Waals surface area contributed by atoms with E-state index in [0.717, 1.165) is 0 Å². The molecular weight excluding hydrogens is 682 g/mol. The molecule has 0 unspecified atom stereocenters. The van der Waals surface area contributed by atoms with Crippen molar-refractivity contribution < 1.29 is 48.4 Å². The average Bonchev–Trinajstić information content (AvgIpc) is 3.01. The molecule has 14 heteroatoms. The Morgan fingerprint density at radius 3 is 1.02 bits per heavy atom. The zero-order valence-electron chi connectivity index (χ0n) is 28.3. The molecule has 4 aromatic rings. The van der Waals surface area contributed by atoms with Crippen molar-refractivity contribution in [3.8, 4) is 23.0 Å². The molecule has 2 atom stereocenters. The Morgan fingerprint density at radius 2 is 0.800 bits per heavy atom. The van der Waals surface area contributed by atoms with Gasteiger partial charge in [0.2, 0.25) is 0 Å². The van der Waals surface area contributed by atoms with E-state index in [1.807, 2.05) is 52.0 Å². The van der Waals surface area contributed by atoms with E-state index >= 15 is 0 Å². The van der Waals surface area contributed by atoms with Crippen molar-refractivity contribution in [1.82, 2.24) is 0 Å². The Morgan fingerprint density at radius 1 is 0.540 bits per heavy atom. The summed E-state index contributed by atoms with van der Waals surface area (Å²) in [6, 6.07) is 16.8. The summed E-state index contributed by atoms with van der Waals surface area (Å²) in [7, 11) is -9.54. The van der Waals surface area contributed by atoms with Crippen LogP contribution in [0.5, 0.6) is 23.0 Å². The van der Waals surface area contributed by atoms with Crippen LogP contribution in [0.2, 0.25) is 0 Å². The Hall–Kier alpha value is -3.70. The second-order valence-corrected chi connectivity index (χ2v) is 16.8. The van der Waals surface area contributed by atoms with E-state index in [1.165, 1.54) is 24.3 Å². The van der Waals surface area contributed by atoms with Crippen LogP contribution in [0.15, 0.2) is 60.7 Å². The minimum absolute atomic E-state index is 0.0699. The van der Waals surface area contributed by atoms with Crippen LogP contribution in [0.4, 0.5) is 0 Å². The third-order valence-electron chi connectivity index (χ3n) is 8.57.